The second-order valence-corrected chi connectivity index (χ2v) is 2.30. The van der Waals surface area contributed by atoms with Gasteiger partial charge in [-0.2, -0.15) is 0 Å². The second kappa shape index (κ2) is 4.16. The molecule has 1 unspecified atom stereocenters. The standard InChI is InChI=1S/C7H11N3.ClH/c1-5(8)6-2-3-10-7(9)4-6;/h2-5H,8H2,1H3,(H2,9,10);1H. The van der Waals surface area contributed by atoms with Gasteiger partial charge >= 0.3 is 0 Å². The summed E-state index contributed by atoms with van der Waals surface area (Å²) in [5, 5.41) is 0. The highest BCUT2D eigenvalue weighted by molar-refractivity contribution is 5.85. The van der Waals surface area contributed by atoms with Gasteiger partial charge in [0.2, 0.25) is 0 Å². The molecule has 0 aliphatic rings. The van der Waals surface area contributed by atoms with Crippen LogP contribution in [0.1, 0.15) is 18.5 Å². The smallest absolute Gasteiger partial charge is 0.123 e. The third-order valence-electron chi connectivity index (χ3n) is 1.33. The Morgan fingerprint density at radius 3 is 2.55 bits per heavy atom. The quantitative estimate of drug-likeness (QED) is 0.669. The Labute approximate surface area is 72.2 Å². The van der Waals surface area contributed by atoms with Crippen molar-refractivity contribution in [3.8, 4) is 0 Å². The number of nitrogens with zero attached hydrogens (tertiary/aromatic N) is 1. The lowest BCUT2D eigenvalue weighted by Gasteiger charge is -2.03. The summed E-state index contributed by atoms with van der Waals surface area (Å²) in [5.74, 6) is 0.523. The highest BCUT2D eigenvalue weighted by Gasteiger charge is 1.97. The van der Waals surface area contributed by atoms with E-state index in [1.807, 2.05) is 13.0 Å². The molecule has 1 aromatic heterocycles. The van der Waals surface area contributed by atoms with Crippen molar-refractivity contribution in [3.05, 3.63) is 23.9 Å². The van der Waals surface area contributed by atoms with Gasteiger partial charge in [0.1, 0.15) is 5.82 Å². The summed E-state index contributed by atoms with van der Waals surface area (Å²) in [6.07, 6.45) is 1.66. The van der Waals surface area contributed by atoms with Crippen LogP contribution in [-0.4, -0.2) is 4.98 Å². The van der Waals surface area contributed by atoms with Crippen LogP contribution in [0.3, 0.4) is 0 Å². The molecule has 0 saturated carbocycles. The largest absolute Gasteiger partial charge is 0.384 e. The van der Waals surface area contributed by atoms with Gasteiger partial charge in [-0.05, 0) is 24.6 Å². The van der Waals surface area contributed by atoms with E-state index in [-0.39, 0.29) is 18.4 Å². The summed E-state index contributed by atoms with van der Waals surface area (Å²) in [6.45, 7) is 1.91. The first kappa shape index (κ1) is 10.2. The van der Waals surface area contributed by atoms with E-state index in [0.29, 0.717) is 5.82 Å². The van der Waals surface area contributed by atoms with E-state index in [4.69, 9.17) is 11.5 Å². The number of hydrogen-bond donors (Lipinski definition) is 2. The molecule has 62 valence electrons. The molecular formula is C7H12ClN3. The molecular weight excluding hydrogens is 162 g/mol. The predicted octanol–water partition coefficient (Wildman–Crippen LogP) is 1.11. The minimum atomic E-state index is 0. The van der Waals surface area contributed by atoms with Crippen LogP contribution in [-0.2, 0) is 0 Å². The van der Waals surface area contributed by atoms with Crippen molar-refractivity contribution in [1.82, 2.24) is 4.98 Å². The summed E-state index contributed by atoms with van der Waals surface area (Å²) < 4.78 is 0. The van der Waals surface area contributed by atoms with Crippen LogP contribution < -0.4 is 11.5 Å². The van der Waals surface area contributed by atoms with Crippen LogP contribution in [0.4, 0.5) is 5.82 Å². The Morgan fingerprint density at radius 2 is 2.18 bits per heavy atom. The van der Waals surface area contributed by atoms with Gasteiger partial charge in [0.25, 0.3) is 0 Å². The molecule has 1 atom stereocenters. The van der Waals surface area contributed by atoms with E-state index < -0.39 is 0 Å². The van der Waals surface area contributed by atoms with Crippen LogP contribution in [0.15, 0.2) is 18.3 Å². The molecule has 0 spiro atoms. The predicted molar refractivity (Wildman–Crippen MR) is 48.5 cm³/mol. The topological polar surface area (TPSA) is 64.9 Å². The molecule has 0 aliphatic carbocycles. The molecule has 3 nitrogen and oxygen atoms in total. The number of anilines is 1. The van der Waals surface area contributed by atoms with Gasteiger partial charge in [-0.3, -0.25) is 0 Å². The molecule has 0 bridgehead atoms. The number of halogens is 1. The van der Waals surface area contributed by atoms with Gasteiger partial charge in [0, 0.05) is 12.2 Å². The normalized spacial score (nSPS) is 11.8. The molecule has 11 heavy (non-hydrogen) atoms. The van der Waals surface area contributed by atoms with Crippen LogP contribution >= 0.6 is 12.4 Å². The minimum absolute atomic E-state index is 0. The zero-order valence-electron chi connectivity index (χ0n) is 6.32. The number of pyridine rings is 1. The molecule has 4 heteroatoms. The first-order valence-corrected chi connectivity index (χ1v) is 3.17. The molecule has 0 aliphatic heterocycles. The fourth-order valence-electron chi connectivity index (χ4n) is 0.749. The van der Waals surface area contributed by atoms with Gasteiger partial charge < -0.3 is 11.5 Å². The molecule has 0 radical (unpaired) electrons. The maximum Gasteiger partial charge on any atom is 0.123 e. The van der Waals surface area contributed by atoms with Crippen LogP contribution in [0.2, 0.25) is 0 Å². The van der Waals surface area contributed by atoms with Gasteiger partial charge in [-0.1, -0.05) is 0 Å². The van der Waals surface area contributed by atoms with Gasteiger partial charge in [-0.15, -0.1) is 12.4 Å². The SMILES string of the molecule is CC(N)c1ccnc(N)c1.Cl. The molecule has 1 rings (SSSR count). The fourth-order valence-corrected chi connectivity index (χ4v) is 0.749. The highest BCUT2D eigenvalue weighted by Crippen LogP contribution is 2.09. The van der Waals surface area contributed by atoms with Crippen LogP contribution in [0.5, 0.6) is 0 Å². The first-order chi connectivity index (χ1) is 4.70. The Kier molecular flexibility index (Phi) is 3.85. The van der Waals surface area contributed by atoms with Crippen molar-refractivity contribution in [2.75, 3.05) is 5.73 Å². The summed E-state index contributed by atoms with van der Waals surface area (Å²) >= 11 is 0. The lowest BCUT2D eigenvalue weighted by molar-refractivity contribution is 0.816. The van der Waals surface area contributed by atoms with Crippen molar-refractivity contribution >= 4 is 18.2 Å². The Balaban J connectivity index is 0.000001000. The average molecular weight is 174 g/mol. The minimum Gasteiger partial charge on any atom is -0.384 e. The van der Waals surface area contributed by atoms with Crippen LogP contribution in [0, 0.1) is 0 Å². The van der Waals surface area contributed by atoms with E-state index in [0.717, 1.165) is 5.56 Å². The average Bonchev–Trinajstić information content (AvgIpc) is 1.88. The molecule has 1 heterocycles. The lowest BCUT2D eigenvalue weighted by Crippen LogP contribution is -2.05. The number of hydrogen-bond acceptors (Lipinski definition) is 3. The maximum absolute atomic E-state index is 5.60. The fraction of sp³-hybridized carbons (Fsp3) is 0.286. The van der Waals surface area contributed by atoms with E-state index >= 15 is 0 Å². The van der Waals surface area contributed by atoms with Crippen molar-refractivity contribution in [2.45, 2.75) is 13.0 Å². The lowest BCUT2D eigenvalue weighted by atomic mass is 10.1. The summed E-state index contributed by atoms with van der Waals surface area (Å²) in [4.78, 5) is 3.84. The third kappa shape index (κ3) is 2.74. The molecule has 0 amide bonds. The number of aromatic nitrogens is 1. The van der Waals surface area contributed by atoms with Crippen molar-refractivity contribution in [3.63, 3.8) is 0 Å². The van der Waals surface area contributed by atoms with E-state index in [1.165, 1.54) is 0 Å². The number of nitrogen functional groups attached to an aromatic ring is 1. The monoisotopic (exact) mass is 173 g/mol. The Hall–Kier alpha value is -0.800. The highest BCUT2D eigenvalue weighted by atomic mass is 35.5. The van der Waals surface area contributed by atoms with Gasteiger partial charge in [0.05, 0.1) is 0 Å². The summed E-state index contributed by atoms with van der Waals surface area (Å²) in [6, 6.07) is 3.68. The molecule has 0 saturated heterocycles. The zero-order valence-corrected chi connectivity index (χ0v) is 7.14. The Morgan fingerprint density at radius 1 is 1.55 bits per heavy atom. The molecule has 1 aromatic rings. The van der Waals surface area contributed by atoms with Gasteiger partial charge in [-0.25, -0.2) is 4.98 Å². The molecule has 0 aromatic carbocycles. The van der Waals surface area contributed by atoms with E-state index in [1.54, 1.807) is 12.3 Å². The van der Waals surface area contributed by atoms with Crippen molar-refractivity contribution in [2.24, 2.45) is 5.73 Å². The number of nitrogens with two attached hydrogens (primary N) is 2. The van der Waals surface area contributed by atoms with Gasteiger partial charge in [0.15, 0.2) is 0 Å². The van der Waals surface area contributed by atoms with E-state index in [9.17, 15) is 0 Å². The maximum atomic E-state index is 5.60. The second-order valence-electron chi connectivity index (χ2n) is 2.30. The summed E-state index contributed by atoms with van der Waals surface area (Å²) in [7, 11) is 0. The summed E-state index contributed by atoms with van der Waals surface area (Å²) in [5.41, 5.74) is 12.0. The van der Waals surface area contributed by atoms with E-state index in [2.05, 4.69) is 4.98 Å². The molecule has 0 fully saturated rings. The zero-order chi connectivity index (χ0) is 7.56. The number of rotatable bonds is 1. The third-order valence-corrected chi connectivity index (χ3v) is 1.33. The Bertz CT molecular complexity index is 225. The van der Waals surface area contributed by atoms with Crippen molar-refractivity contribution < 1.29 is 0 Å². The molecule has 4 N–H and O–H groups in total. The van der Waals surface area contributed by atoms with Crippen LogP contribution in [0.25, 0.3) is 0 Å². The first-order valence-electron chi connectivity index (χ1n) is 3.17. The van der Waals surface area contributed by atoms with Crippen molar-refractivity contribution in [1.29, 1.82) is 0 Å².